The third-order valence-corrected chi connectivity index (χ3v) is 8.53. The number of carbonyl (C=O) groups excluding carboxylic acids is 1. The molecule has 2 aliphatic heterocycles. The van der Waals surface area contributed by atoms with Crippen molar-refractivity contribution >= 4 is 23.4 Å². The van der Waals surface area contributed by atoms with Crippen molar-refractivity contribution in [3.05, 3.63) is 83.4 Å². The number of ether oxygens (including phenoxy) is 3. The van der Waals surface area contributed by atoms with Crippen molar-refractivity contribution in [2.75, 3.05) is 50.2 Å². The molecule has 7 heteroatoms. The van der Waals surface area contributed by atoms with Gasteiger partial charge in [0.05, 0.1) is 6.61 Å². The fourth-order valence-electron chi connectivity index (χ4n) is 5.96. The molecule has 1 saturated heterocycles. The zero-order valence-electron chi connectivity index (χ0n) is 26.7. The minimum Gasteiger partial charge on any atom is -0.465 e. The van der Waals surface area contributed by atoms with E-state index in [2.05, 4.69) is 84.6 Å². The van der Waals surface area contributed by atoms with E-state index >= 15 is 0 Å². The van der Waals surface area contributed by atoms with Crippen molar-refractivity contribution < 1.29 is 19.0 Å². The fourth-order valence-corrected chi connectivity index (χ4v) is 5.96. The first-order chi connectivity index (χ1) is 21.4. The Bertz CT molecular complexity index is 1400. The van der Waals surface area contributed by atoms with E-state index in [0.29, 0.717) is 19.1 Å². The van der Waals surface area contributed by atoms with Crippen molar-refractivity contribution in [3.8, 4) is 16.9 Å². The van der Waals surface area contributed by atoms with Gasteiger partial charge in [-0.2, -0.15) is 0 Å². The summed E-state index contributed by atoms with van der Waals surface area (Å²) in [5, 5.41) is 3.15. The van der Waals surface area contributed by atoms with Gasteiger partial charge < -0.3 is 24.4 Å². The average Bonchev–Trinajstić information content (AvgIpc) is 3.24. The molecule has 1 N–H and O–H groups in total. The lowest BCUT2D eigenvalue weighted by atomic mass is 10.00. The molecule has 2 aliphatic rings. The summed E-state index contributed by atoms with van der Waals surface area (Å²) in [6, 6.07) is 23.4. The fraction of sp³-hybridized carbons (Fsp3) is 0.432. The molecular formula is C37H47N3O4. The number of carbonyl (C=O) groups is 1. The first kappa shape index (κ1) is 31.8. The third kappa shape index (κ3) is 8.29. The smallest absolute Gasteiger partial charge is 0.251 e. The van der Waals surface area contributed by atoms with E-state index in [1.54, 1.807) is 0 Å². The summed E-state index contributed by atoms with van der Waals surface area (Å²) in [5.41, 5.74) is 7.24. The second-order valence-electron chi connectivity index (χ2n) is 11.8. The molecule has 3 aromatic rings. The highest BCUT2D eigenvalue weighted by molar-refractivity contribution is 6.07. The van der Waals surface area contributed by atoms with Gasteiger partial charge in [0.15, 0.2) is 6.29 Å². The molecule has 7 nitrogen and oxygen atoms in total. The average molecular weight is 598 g/mol. The maximum Gasteiger partial charge on any atom is 0.251 e. The second kappa shape index (κ2) is 15.4. The van der Waals surface area contributed by atoms with Crippen LogP contribution in [0.1, 0.15) is 57.6 Å². The van der Waals surface area contributed by atoms with Crippen LogP contribution < -0.4 is 15.0 Å². The van der Waals surface area contributed by atoms with Gasteiger partial charge in [0.25, 0.3) is 5.91 Å². The van der Waals surface area contributed by atoms with Crippen molar-refractivity contribution in [2.24, 2.45) is 0 Å². The number of hydrogen-bond donors (Lipinski definition) is 1. The van der Waals surface area contributed by atoms with Gasteiger partial charge in [-0.25, -0.2) is 0 Å². The lowest BCUT2D eigenvalue weighted by molar-refractivity contribution is -0.112. The molecule has 3 aromatic carbocycles. The predicted octanol–water partition coefficient (Wildman–Crippen LogP) is 7.37. The zero-order chi connectivity index (χ0) is 30.9. The molecule has 1 atom stereocenters. The van der Waals surface area contributed by atoms with Gasteiger partial charge >= 0.3 is 0 Å². The SMILES string of the molecule is CCCOC(C)Oc1ccc(-c2ccc3c(c2)C=C(C(=O)Nc2ccc(CN(C)C4CCOCC4)cc2)CCN3CC)cc1. The minimum atomic E-state index is -0.287. The van der Waals surface area contributed by atoms with Crippen LogP contribution in [0.15, 0.2) is 72.3 Å². The van der Waals surface area contributed by atoms with Crippen LogP contribution in [0, 0.1) is 0 Å². The van der Waals surface area contributed by atoms with E-state index in [9.17, 15) is 4.79 Å². The summed E-state index contributed by atoms with van der Waals surface area (Å²) in [5.74, 6) is 0.731. The van der Waals surface area contributed by atoms with E-state index < -0.39 is 0 Å². The molecule has 44 heavy (non-hydrogen) atoms. The van der Waals surface area contributed by atoms with Gasteiger partial charge in [0.2, 0.25) is 0 Å². The molecule has 0 bridgehead atoms. The summed E-state index contributed by atoms with van der Waals surface area (Å²) < 4.78 is 17.0. The van der Waals surface area contributed by atoms with Gasteiger partial charge in [-0.3, -0.25) is 9.69 Å². The molecule has 0 aliphatic carbocycles. The van der Waals surface area contributed by atoms with Gasteiger partial charge in [-0.15, -0.1) is 0 Å². The number of rotatable bonds is 12. The largest absolute Gasteiger partial charge is 0.465 e. The van der Waals surface area contributed by atoms with Crippen molar-refractivity contribution in [1.82, 2.24) is 4.90 Å². The monoisotopic (exact) mass is 597 g/mol. The summed E-state index contributed by atoms with van der Waals surface area (Å²) in [7, 11) is 2.18. The Morgan fingerprint density at radius 2 is 1.75 bits per heavy atom. The predicted molar refractivity (Wildman–Crippen MR) is 179 cm³/mol. The van der Waals surface area contributed by atoms with Crippen molar-refractivity contribution in [1.29, 1.82) is 0 Å². The third-order valence-electron chi connectivity index (χ3n) is 8.53. The highest BCUT2D eigenvalue weighted by Crippen LogP contribution is 2.33. The molecule has 1 fully saturated rings. The summed E-state index contributed by atoms with van der Waals surface area (Å²) in [6.07, 6.45) is 5.57. The Labute approximate surface area is 262 Å². The van der Waals surface area contributed by atoms with E-state index in [-0.39, 0.29) is 12.2 Å². The van der Waals surface area contributed by atoms with Crippen molar-refractivity contribution in [3.63, 3.8) is 0 Å². The summed E-state index contributed by atoms with van der Waals surface area (Å²) in [6.45, 7) is 11.1. The second-order valence-corrected chi connectivity index (χ2v) is 11.8. The Balaban J connectivity index is 1.27. The van der Waals surface area contributed by atoms with Crippen LogP contribution in [0.4, 0.5) is 11.4 Å². The Kier molecular flexibility index (Phi) is 11.1. The van der Waals surface area contributed by atoms with Gasteiger partial charge in [0.1, 0.15) is 5.75 Å². The van der Waals surface area contributed by atoms with Crippen LogP contribution in [-0.2, 0) is 20.8 Å². The van der Waals surface area contributed by atoms with E-state index in [0.717, 1.165) is 91.5 Å². The van der Waals surface area contributed by atoms with E-state index in [1.165, 1.54) is 5.56 Å². The highest BCUT2D eigenvalue weighted by Gasteiger charge is 2.21. The molecule has 1 unspecified atom stereocenters. The Morgan fingerprint density at radius 3 is 2.45 bits per heavy atom. The summed E-state index contributed by atoms with van der Waals surface area (Å²) >= 11 is 0. The normalized spacial score (nSPS) is 16.2. The van der Waals surface area contributed by atoms with Gasteiger partial charge in [0, 0.05) is 55.8 Å². The van der Waals surface area contributed by atoms with Crippen LogP contribution in [0.5, 0.6) is 5.75 Å². The summed E-state index contributed by atoms with van der Waals surface area (Å²) in [4.78, 5) is 18.2. The molecular weight excluding hydrogens is 550 g/mol. The van der Waals surface area contributed by atoms with Crippen LogP contribution in [-0.4, -0.2) is 63.1 Å². The van der Waals surface area contributed by atoms with Crippen molar-refractivity contribution in [2.45, 2.75) is 65.3 Å². The minimum absolute atomic E-state index is 0.0488. The van der Waals surface area contributed by atoms with Crippen LogP contribution in [0.2, 0.25) is 0 Å². The molecule has 5 rings (SSSR count). The number of hydrogen-bond acceptors (Lipinski definition) is 6. The maximum absolute atomic E-state index is 13.5. The number of nitrogens with zero attached hydrogens (tertiary/aromatic N) is 2. The van der Waals surface area contributed by atoms with E-state index in [4.69, 9.17) is 14.2 Å². The van der Waals surface area contributed by atoms with Crippen LogP contribution in [0.25, 0.3) is 17.2 Å². The number of fused-ring (bicyclic) bond motifs is 1. The number of amides is 1. The first-order valence-corrected chi connectivity index (χ1v) is 16.1. The van der Waals surface area contributed by atoms with Crippen LogP contribution in [0.3, 0.4) is 0 Å². The number of nitrogens with one attached hydrogen (secondary N) is 1. The van der Waals surface area contributed by atoms with Crippen LogP contribution >= 0.6 is 0 Å². The Hall–Kier alpha value is -3.65. The zero-order valence-corrected chi connectivity index (χ0v) is 26.7. The number of benzene rings is 3. The first-order valence-electron chi connectivity index (χ1n) is 16.1. The maximum atomic E-state index is 13.5. The highest BCUT2D eigenvalue weighted by atomic mass is 16.7. The molecule has 2 heterocycles. The molecule has 0 spiro atoms. The molecule has 0 saturated carbocycles. The lowest BCUT2D eigenvalue weighted by Gasteiger charge is -2.31. The Morgan fingerprint density at radius 1 is 1.02 bits per heavy atom. The quantitative estimate of drug-likeness (QED) is 0.220. The molecule has 0 radical (unpaired) electrons. The molecule has 234 valence electrons. The number of anilines is 2. The molecule has 0 aromatic heterocycles. The van der Waals surface area contributed by atoms with Gasteiger partial charge in [-0.1, -0.05) is 37.3 Å². The molecule has 1 amide bonds. The lowest BCUT2D eigenvalue weighted by Crippen LogP contribution is -2.36. The van der Waals surface area contributed by atoms with Gasteiger partial charge in [-0.05, 0) is 111 Å². The standard InChI is InChI=1S/C37H47N3O4/c1-5-21-43-27(3)44-35-14-9-29(10-15-35)30-11-16-36-32(24-30)25-31(17-20-40(36)6-2)37(41)38-33-12-7-28(8-13-33)26-39(4)34-18-22-42-23-19-34/h7-16,24-25,27,34H,5-6,17-23,26H2,1-4H3,(H,38,41). The van der Waals surface area contributed by atoms with E-state index in [1.807, 2.05) is 31.2 Å². The topological polar surface area (TPSA) is 63.3 Å².